The highest BCUT2D eigenvalue weighted by atomic mass is 32.2. The first kappa shape index (κ1) is 13.6. The summed E-state index contributed by atoms with van der Waals surface area (Å²) in [6.07, 6.45) is 2.26. The van der Waals surface area contributed by atoms with E-state index in [9.17, 15) is 4.21 Å². The Balaban J connectivity index is 2.39. The van der Waals surface area contributed by atoms with Crippen LogP contribution in [0.4, 0.5) is 0 Å². The van der Waals surface area contributed by atoms with Gasteiger partial charge in [-0.05, 0) is 41.8 Å². The minimum atomic E-state index is -2.29. The highest BCUT2D eigenvalue weighted by Crippen LogP contribution is 2.27. The molecule has 100 valence electrons. The first-order valence-corrected chi connectivity index (χ1v) is 8.23. The minimum absolute atomic E-state index is 0.0799. The van der Waals surface area contributed by atoms with Gasteiger partial charge in [0, 0.05) is 18.0 Å². The molecule has 1 fully saturated rings. The zero-order chi connectivity index (χ0) is 13.4. The summed E-state index contributed by atoms with van der Waals surface area (Å²) in [5, 5.41) is 0. The molecule has 1 aromatic rings. The lowest BCUT2D eigenvalue weighted by Gasteiger charge is -2.24. The molecule has 1 aliphatic rings. The average molecular weight is 265 g/mol. The smallest absolute Gasteiger partial charge is 0.0558 e. The van der Waals surface area contributed by atoms with Crippen molar-refractivity contribution in [2.45, 2.75) is 43.9 Å². The maximum Gasteiger partial charge on any atom is 0.0558 e. The summed E-state index contributed by atoms with van der Waals surface area (Å²) < 4.78 is 14.9. The SMILES string of the molecule is C=S(=O)(c1cccc(C(C)(C)C)c1)N1CCCC1. The molecular weight excluding hydrogens is 242 g/mol. The summed E-state index contributed by atoms with van der Waals surface area (Å²) in [5.41, 5.74) is 1.30. The summed E-state index contributed by atoms with van der Waals surface area (Å²) in [6.45, 7) is 8.33. The Hall–Kier alpha value is -0.800. The number of rotatable bonds is 2. The Morgan fingerprint density at radius 2 is 1.83 bits per heavy atom. The minimum Gasteiger partial charge on any atom is -0.248 e. The largest absolute Gasteiger partial charge is 0.248 e. The lowest BCUT2D eigenvalue weighted by molar-refractivity contribution is 0.532. The van der Waals surface area contributed by atoms with Crippen LogP contribution in [0.5, 0.6) is 0 Å². The van der Waals surface area contributed by atoms with Crippen LogP contribution >= 0.6 is 0 Å². The summed E-state index contributed by atoms with van der Waals surface area (Å²) >= 11 is 0. The molecule has 0 N–H and O–H groups in total. The van der Waals surface area contributed by atoms with Crippen molar-refractivity contribution in [3.63, 3.8) is 0 Å². The molecule has 0 saturated carbocycles. The van der Waals surface area contributed by atoms with E-state index < -0.39 is 9.71 Å². The summed E-state index contributed by atoms with van der Waals surface area (Å²) in [7, 11) is -2.29. The van der Waals surface area contributed by atoms with Gasteiger partial charge in [0.1, 0.15) is 0 Å². The fourth-order valence-corrected chi connectivity index (χ4v) is 4.04. The Bertz CT molecular complexity index is 520. The second-order valence-corrected chi connectivity index (χ2v) is 8.32. The molecule has 3 heteroatoms. The zero-order valence-corrected chi connectivity index (χ0v) is 12.4. The molecule has 1 atom stereocenters. The van der Waals surface area contributed by atoms with E-state index in [1.165, 1.54) is 5.56 Å². The molecule has 0 amide bonds. The Kier molecular flexibility index (Phi) is 3.56. The number of hydrogen-bond acceptors (Lipinski definition) is 1. The van der Waals surface area contributed by atoms with E-state index >= 15 is 0 Å². The molecule has 2 nitrogen and oxygen atoms in total. The van der Waals surface area contributed by atoms with Gasteiger partial charge >= 0.3 is 0 Å². The summed E-state index contributed by atoms with van der Waals surface area (Å²) in [4.78, 5) is 0.872. The quantitative estimate of drug-likeness (QED) is 0.753. The van der Waals surface area contributed by atoms with Gasteiger partial charge in [-0.1, -0.05) is 32.9 Å². The monoisotopic (exact) mass is 265 g/mol. The van der Waals surface area contributed by atoms with Gasteiger partial charge in [0.25, 0.3) is 0 Å². The molecule has 0 aromatic heterocycles. The summed E-state index contributed by atoms with van der Waals surface area (Å²) in [6, 6.07) is 8.11. The van der Waals surface area contributed by atoms with Gasteiger partial charge in [-0.15, -0.1) is 0 Å². The third-order valence-corrected chi connectivity index (χ3v) is 5.74. The fraction of sp³-hybridized carbons (Fsp3) is 0.533. The van der Waals surface area contributed by atoms with E-state index in [2.05, 4.69) is 38.8 Å². The van der Waals surface area contributed by atoms with Crippen molar-refractivity contribution in [3.8, 4) is 0 Å². The predicted molar refractivity (Wildman–Crippen MR) is 79.5 cm³/mol. The second kappa shape index (κ2) is 4.71. The van der Waals surface area contributed by atoms with Crippen LogP contribution in [-0.4, -0.2) is 27.5 Å². The van der Waals surface area contributed by atoms with Gasteiger partial charge in [-0.3, -0.25) is 0 Å². The zero-order valence-electron chi connectivity index (χ0n) is 11.6. The maximum atomic E-state index is 12.9. The van der Waals surface area contributed by atoms with Crippen molar-refractivity contribution in [2.24, 2.45) is 0 Å². The molecule has 1 aromatic carbocycles. The Morgan fingerprint density at radius 3 is 2.39 bits per heavy atom. The van der Waals surface area contributed by atoms with Crippen molar-refractivity contribution < 1.29 is 4.21 Å². The predicted octanol–water partition coefficient (Wildman–Crippen LogP) is 3.07. The van der Waals surface area contributed by atoms with Gasteiger partial charge in [0.15, 0.2) is 0 Å². The van der Waals surface area contributed by atoms with Gasteiger partial charge < -0.3 is 0 Å². The van der Waals surface area contributed by atoms with Crippen LogP contribution in [0, 0.1) is 0 Å². The van der Waals surface area contributed by atoms with E-state index in [4.69, 9.17) is 0 Å². The molecule has 1 heterocycles. The molecule has 0 bridgehead atoms. The first-order chi connectivity index (χ1) is 8.32. The van der Waals surface area contributed by atoms with Crippen LogP contribution in [-0.2, 0) is 15.1 Å². The van der Waals surface area contributed by atoms with Crippen molar-refractivity contribution in [3.05, 3.63) is 29.8 Å². The topological polar surface area (TPSA) is 20.3 Å². The lowest BCUT2D eigenvalue weighted by Crippen LogP contribution is -2.28. The molecule has 1 aliphatic heterocycles. The summed E-state index contributed by atoms with van der Waals surface area (Å²) in [5.74, 6) is 4.00. The average Bonchev–Trinajstić information content (AvgIpc) is 2.82. The van der Waals surface area contributed by atoms with E-state index in [-0.39, 0.29) is 5.41 Å². The molecule has 1 unspecified atom stereocenters. The third-order valence-electron chi connectivity index (χ3n) is 3.55. The highest BCUT2D eigenvalue weighted by molar-refractivity contribution is 7.98. The van der Waals surface area contributed by atoms with Crippen molar-refractivity contribution in [2.75, 3.05) is 13.1 Å². The van der Waals surface area contributed by atoms with Crippen LogP contribution in [0.3, 0.4) is 0 Å². The lowest BCUT2D eigenvalue weighted by atomic mass is 9.87. The van der Waals surface area contributed by atoms with Crippen molar-refractivity contribution in [1.29, 1.82) is 0 Å². The standard InChI is InChI=1S/C15H23NOS/c1-15(2,3)13-8-7-9-14(12-13)18(4,17)16-10-5-6-11-16/h7-9,12H,4-6,10-11H2,1-3H3. The number of hydrogen-bond donors (Lipinski definition) is 0. The van der Waals surface area contributed by atoms with Crippen molar-refractivity contribution in [1.82, 2.24) is 4.31 Å². The maximum absolute atomic E-state index is 12.9. The fourth-order valence-electron chi connectivity index (χ4n) is 2.29. The van der Waals surface area contributed by atoms with Crippen LogP contribution in [0.1, 0.15) is 39.2 Å². The van der Waals surface area contributed by atoms with Crippen LogP contribution in [0.15, 0.2) is 29.2 Å². The molecule has 18 heavy (non-hydrogen) atoms. The van der Waals surface area contributed by atoms with Crippen LogP contribution in [0.2, 0.25) is 0 Å². The molecule has 0 spiro atoms. The van der Waals surface area contributed by atoms with Crippen LogP contribution in [0.25, 0.3) is 0 Å². The van der Waals surface area contributed by atoms with E-state index in [1.54, 1.807) is 0 Å². The van der Waals surface area contributed by atoms with E-state index in [0.29, 0.717) is 0 Å². The van der Waals surface area contributed by atoms with Crippen LogP contribution < -0.4 is 0 Å². The number of nitrogens with zero attached hydrogens (tertiary/aromatic N) is 1. The third kappa shape index (κ3) is 2.62. The second-order valence-electron chi connectivity index (χ2n) is 6.05. The molecule has 0 radical (unpaired) electrons. The van der Waals surface area contributed by atoms with Gasteiger partial charge in [-0.2, -0.15) is 0 Å². The Morgan fingerprint density at radius 1 is 1.22 bits per heavy atom. The van der Waals surface area contributed by atoms with E-state index in [1.807, 2.05) is 16.4 Å². The number of benzene rings is 1. The van der Waals surface area contributed by atoms with Gasteiger partial charge in [0.2, 0.25) is 0 Å². The normalized spacial score (nSPS) is 20.8. The highest BCUT2D eigenvalue weighted by Gasteiger charge is 2.23. The molecule has 1 saturated heterocycles. The van der Waals surface area contributed by atoms with E-state index in [0.717, 1.165) is 30.8 Å². The Labute approximate surface area is 111 Å². The molecular formula is C15H23NOS. The molecule has 0 aliphatic carbocycles. The van der Waals surface area contributed by atoms with Gasteiger partial charge in [-0.25, -0.2) is 8.51 Å². The van der Waals surface area contributed by atoms with Gasteiger partial charge in [0.05, 0.1) is 9.71 Å². The van der Waals surface area contributed by atoms with Crippen molar-refractivity contribution >= 4 is 15.6 Å². The molecule has 2 rings (SSSR count). The first-order valence-electron chi connectivity index (χ1n) is 6.55.